The molecule has 5 heteroatoms. The van der Waals surface area contributed by atoms with Crippen LogP contribution in [0.15, 0.2) is 47.4 Å². The van der Waals surface area contributed by atoms with Crippen LogP contribution in [0.5, 0.6) is 0 Å². The zero-order chi connectivity index (χ0) is 17.7. The van der Waals surface area contributed by atoms with Crippen molar-refractivity contribution in [3.05, 3.63) is 64.7 Å². The number of hydrogen-bond acceptors (Lipinski definition) is 4. The Labute approximate surface area is 145 Å². The highest BCUT2D eigenvalue weighted by Crippen LogP contribution is 2.26. The predicted molar refractivity (Wildman–Crippen MR) is 95.1 cm³/mol. The minimum absolute atomic E-state index is 0.149. The molecule has 24 heavy (non-hydrogen) atoms. The summed E-state index contributed by atoms with van der Waals surface area (Å²) in [6.45, 7) is 2.05. The number of methoxy groups -OCH3 is 1. The predicted octanol–water partition coefficient (Wildman–Crippen LogP) is 4.24. The number of aromatic carboxylic acids is 1. The summed E-state index contributed by atoms with van der Waals surface area (Å²) in [5.41, 5.74) is 2.83. The van der Waals surface area contributed by atoms with Crippen LogP contribution >= 0.6 is 11.8 Å². The van der Waals surface area contributed by atoms with Crippen LogP contribution in [0.25, 0.3) is 0 Å². The van der Waals surface area contributed by atoms with Gasteiger partial charge < -0.3 is 9.84 Å². The van der Waals surface area contributed by atoms with E-state index in [-0.39, 0.29) is 11.9 Å². The van der Waals surface area contributed by atoms with Crippen LogP contribution in [0.3, 0.4) is 0 Å². The highest BCUT2D eigenvalue weighted by molar-refractivity contribution is 7.98. The second kappa shape index (κ2) is 8.02. The van der Waals surface area contributed by atoms with Crippen molar-refractivity contribution in [2.75, 3.05) is 13.4 Å². The lowest BCUT2D eigenvalue weighted by molar-refractivity contribution is 0.0599. The van der Waals surface area contributed by atoms with Crippen molar-refractivity contribution in [2.24, 2.45) is 0 Å². The second-order valence-corrected chi connectivity index (χ2v) is 6.41. The van der Waals surface area contributed by atoms with Gasteiger partial charge >= 0.3 is 11.9 Å². The van der Waals surface area contributed by atoms with Crippen molar-refractivity contribution >= 4 is 23.7 Å². The van der Waals surface area contributed by atoms with Crippen LogP contribution in [0.4, 0.5) is 0 Å². The van der Waals surface area contributed by atoms with Crippen molar-refractivity contribution < 1.29 is 19.4 Å². The maximum absolute atomic E-state index is 11.6. The van der Waals surface area contributed by atoms with Gasteiger partial charge in [0.15, 0.2) is 0 Å². The monoisotopic (exact) mass is 344 g/mol. The largest absolute Gasteiger partial charge is 0.478 e. The summed E-state index contributed by atoms with van der Waals surface area (Å²) in [5, 5.41) is 9.33. The molecule has 0 fully saturated rings. The SMILES string of the molecule is COC(=O)c1cccc(C(C)Cc2ccc(SC)c(C(=O)O)c2)c1. The minimum Gasteiger partial charge on any atom is -0.478 e. The Kier molecular flexibility index (Phi) is 6.04. The molecule has 1 unspecified atom stereocenters. The van der Waals surface area contributed by atoms with Crippen LogP contribution in [-0.2, 0) is 11.2 Å². The first-order chi connectivity index (χ1) is 11.5. The normalized spacial score (nSPS) is 11.8. The first kappa shape index (κ1) is 18.1. The topological polar surface area (TPSA) is 63.6 Å². The molecule has 0 aliphatic rings. The van der Waals surface area contributed by atoms with Gasteiger partial charge in [-0.05, 0) is 54.0 Å². The number of benzene rings is 2. The third-order valence-corrected chi connectivity index (χ3v) is 4.71. The molecule has 0 aliphatic heterocycles. The highest BCUT2D eigenvalue weighted by Gasteiger charge is 2.14. The number of esters is 1. The summed E-state index contributed by atoms with van der Waals surface area (Å²) in [4.78, 5) is 23.8. The highest BCUT2D eigenvalue weighted by atomic mass is 32.2. The van der Waals surface area contributed by atoms with Gasteiger partial charge in [0, 0.05) is 4.90 Å². The number of thioether (sulfide) groups is 1. The van der Waals surface area contributed by atoms with Gasteiger partial charge in [0.1, 0.15) is 0 Å². The van der Waals surface area contributed by atoms with E-state index in [9.17, 15) is 14.7 Å². The fraction of sp³-hybridized carbons (Fsp3) is 0.263. The number of hydrogen-bond donors (Lipinski definition) is 1. The molecule has 0 bridgehead atoms. The van der Waals surface area contributed by atoms with Crippen LogP contribution in [0.2, 0.25) is 0 Å². The van der Waals surface area contributed by atoms with Crippen LogP contribution in [-0.4, -0.2) is 30.4 Å². The summed E-state index contributed by atoms with van der Waals surface area (Å²) in [5.74, 6) is -1.13. The van der Waals surface area contributed by atoms with Crippen molar-refractivity contribution in [1.29, 1.82) is 0 Å². The molecule has 0 saturated carbocycles. The van der Waals surface area contributed by atoms with E-state index in [1.165, 1.54) is 18.9 Å². The fourth-order valence-corrected chi connectivity index (χ4v) is 3.18. The van der Waals surface area contributed by atoms with Crippen LogP contribution in [0.1, 0.15) is 44.7 Å². The smallest absolute Gasteiger partial charge is 0.337 e. The van der Waals surface area contributed by atoms with E-state index in [1.807, 2.05) is 36.6 Å². The minimum atomic E-state index is -0.915. The molecule has 2 aromatic rings. The van der Waals surface area contributed by atoms with Gasteiger partial charge in [-0.2, -0.15) is 0 Å². The van der Waals surface area contributed by atoms with Gasteiger partial charge in [-0.25, -0.2) is 9.59 Å². The fourth-order valence-electron chi connectivity index (χ4n) is 2.61. The van der Waals surface area contributed by atoms with Crippen molar-refractivity contribution in [2.45, 2.75) is 24.2 Å². The molecule has 0 amide bonds. The molecule has 0 aromatic heterocycles. The molecule has 4 nitrogen and oxygen atoms in total. The van der Waals surface area contributed by atoms with E-state index in [0.717, 1.165) is 16.0 Å². The number of carboxylic acid groups (broad SMARTS) is 1. The van der Waals surface area contributed by atoms with Gasteiger partial charge in [0.25, 0.3) is 0 Å². The second-order valence-electron chi connectivity index (χ2n) is 5.56. The Morgan fingerprint density at radius 2 is 1.96 bits per heavy atom. The van der Waals surface area contributed by atoms with Crippen molar-refractivity contribution in [3.63, 3.8) is 0 Å². The Balaban J connectivity index is 2.23. The van der Waals surface area contributed by atoms with E-state index >= 15 is 0 Å². The first-order valence-electron chi connectivity index (χ1n) is 7.54. The van der Waals surface area contributed by atoms with Crippen LogP contribution < -0.4 is 0 Å². The average Bonchev–Trinajstić information content (AvgIpc) is 2.60. The van der Waals surface area contributed by atoms with E-state index in [1.54, 1.807) is 12.1 Å². The van der Waals surface area contributed by atoms with Crippen LogP contribution in [0, 0.1) is 0 Å². The Hall–Kier alpha value is -2.27. The molecule has 0 saturated heterocycles. The van der Waals surface area contributed by atoms with Crippen molar-refractivity contribution in [3.8, 4) is 0 Å². The van der Waals surface area contributed by atoms with Gasteiger partial charge in [-0.3, -0.25) is 0 Å². The molecule has 0 radical (unpaired) electrons. The number of carbonyl (C=O) groups is 2. The third kappa shape index (κ3) is 4.17. The number of carboxylic acids is 1. The standard InChI is InChI=1S/C19H20O4S/c1-12(14-5-4-6-15(11-14)19(22)23-2)9-13-7-8-17(24-3)16(10-13)18(20)21/h4-8,10-12H,9H2,1-3H3,(H,20,21). The lowest BCUT2D eigenvalue weighted by Gasteiger charge is -2.14. The number of rotatable bonds is 6. The van der Waals surface area contributed by atoms with E-state index in [2.05, 4.69) is 6.92 Å². The summed E-state index contributed by atoms with van der Waals surface area (Å²) < 4.78 is 4.75. The summed E-state index contributed by atoms with van der Waals surface area (Å²) in [6.07, 6.45) is 2.56. The van der Waals surface area contributed by atoms with Gasteiger partial charge in [-0.1, -0.05) is 25.1 Å². The van der Waals surface area contributed by atoms with Crippen molar-refractivity contribution in [1.82, 2.24) is 0 Å². The van der Waals surface area contributed by atoms with Gasteiger partial charge in [0.2, 0.25) is 0 Å². The molecular formula is C19H20O4S. The Morgan fingerprint density at radius 1 is 1.21 bits per heavy atom. The molecule has 1 N–H and O–H groups in total. The quantitative estimate of drug-likeness (QED) is 0.627. The summed E-state index contributed by atoms with van der Waals surface area (Å²) >= 11 is 1.42. The lowest BCUT2D eigenvalue weighted by atomic mass is 9.92. The lowest BCUT2D eigenvalue weighted by Crippen LogP contribution is -2.05. The molecule has 0 heterocycles. The zero-order valence-electron chi connectivity index (χ0n) is 13.9. The van der Waals surface area contributed by atoms with E-state index in [4.69, 9.17) is 4.74 Å². The third-order valence-electron chi connectivity index (χ3n) is 3.91. The molecule has 0 aliphatic carbocycles. The van der Waals surface area contributed by atoms with E-state index < -0.39 is 5.97 Å². The summed E-state index contributed by atoms with van der Waals surface area (Å²) in [7, 11) is 1.36. The summed E-state index contributed by atoms with van der Waals surface area (Å²) in [6, 6.07) is 12.9. The Bertz CT molecular complexity index is 755. The molecule has 1 atom stereocenters. The average molecular weight is 344 g/mol. The molecule has 2 aromatic carbocycles. The van der Waals surface area contributed by atoms with Gasteiger partial charge in [0.05, 0.1) is 18.2 Å². The molecule has 0 spiro atoms. The number of ether oxygens (including phenoxy) is 1. The number of carbonyl (C=O) groups excluding carboxylic acids is 1. The molecule has 126 valence electrons. The maximum Gasteiger partial charge on any atom is 0.337 e. The molecule has 2 rings (SSSR count). The zero-order valence-corrected chi connectivity index (χ0v) is 14.7. The maximum atomic E-state index is 11.6. The molecular weight excluding hydrogens is 324 g/mol. The first-order valence-corrected chi connectivity index (χ1v) is 8.77. The Morgan fingerprint density at radius 3 is 2.58 bits per heavy atom. The van der Waals surface area contributed by atoms with E-state index in [0.29, 0.717) is 17.5 Å². The van der Waals surface area contributed by atoms with Gasteiger partial charge in [-0.15, -0.1) is 11.8 Å².